The van der Waals surface area contributed by atoms with Crippen molar-refractivity contribution in [1.29, 1.82) is 0 Å². The van der Waals surface area contributed by atoms with Gasteiger partial charge in [-0.1, -0.05) is 18.2 Å². The molecule has 0 fully saturated rings. The Labute approximate surface area is 154 Å². The van der Waals surface area contributed by atoms with E-state index >= 15 is 0 Å². The molecule has 1 aromatic carbocycles. The molecule has 2 aliphatic heterocycles. The lowest BCUT2D eigenvalue weighted by Gasteiger charge is -2.26. The summed E-state index contributed by atoms with van der Waals surface area (Å²) in [5.74, 6) is -0.773. The van der Waals surface area contributed by atoms with Crippen LogP contribution in [-0.4, -0.2) is 15.5 Å². The van der Waals surface area contributed by atoms with Crippen LogP contribution >= 0.6 is 0 Å². The average Bonchev–Trinajstić information content (AvgIpc) is 2.63. The van der Waals surface area contributed by atoms with E-state index in [1.807, 2.05) is 18.2 Å². The van der Waals surface area contributed by atoms with Crippen LogP contribution in [0.5, 0.6) is 5.75 Å². The van der Waals surface area contributed by atoms with E-state index in [9.17, 15) is 14.4 Å². The molecule has 6 nitrogen and oxygen atoms in total. The molecule has 0 bridgehead atoms. The van der Waals surface area contributed by atoms with Gasteiger partial charge in [-0.25, -0.2) is 0 Å². The summed E-state index contributed by atoms with van der Waals surface area (Å²) >= 11 is 0. The van der Waals surface area contributed by atoms with E-state index in [1.54, 1.807) is 17.6 Å². The first-order valence-electron chi connectivity index (χ1n) is 9.13. The number of rotatable bonds is 1. The molecule has 1 N–H and O–H groups in total. The molecule has 2 aliphatic rings. The molecular formula is C21H18N2O4. The summed E-state index contributed by atoms with van der Waals surface area (Å²) in [6.07, 6.45) is 1.84. The zero-order chi connectivity index (χ0) is 18.7. The molecule has 2 aromatic heterocycles. The van der Waals surface area contributed by atoms with Crippen LogP contribution in [0.4, 0.5) is 0 Å². The number of aromatic nitrogens is 2. The number of esters is 1. The van der Waals surface area contributed by atoms with Gasteiger partial charge >= 0.3 is 5.97 Å². The van der Waals surface area contributed by atoms with Gasteiger partial charge in [-0.3, -0.25) is 14.4 Å². The number of fused-ring (bicyclic) bond motifs is 1. The fourth-order valence-electron chi connectivity index (χ4n) is 4.42. The molecule has 136 valence electrons. The quantitative estimate of drug-likeness (QED) is 0.674. The van der Waals surface area contributed by atoms with Crippen LogP contribution in [0, 0.1) is 6.92 Å². The molecule has 5 rings (SSSR count). The molecular weight excluding hydrogens is 344 g/mol. The maximum atomic E-state index is 13.3. The molecule has 0 amide bonds. The minimum absolute atomic E-state index is 0.0143. The van der Waals surface area contributed by atoms with E-state index in [1.165, 1.54) is 5.56 Å². The zero-order valence-corrected chi connectivity index (χ0v) is 14.9. The van der Waals surface area contributed by atoms with Crippen molar-refractivity contribution >= 4 is 16.9 Å². The van der Waals surface area contributed by atoms with Gasteiger partial charge in [-0.05, 0) is 36.8 Å². The number of para-hydroxylation sites is 1. The predicted octanol–water partition coefficient (Wildman–Crippen LogP) is 2.39. The number of H-pyrrole nitrogens is 1. The summed E-state index contributed by atoms with van der Waals surface area (Å²) in [7, 11) is 0. The number of ether oxygens (including phenoxy) is 1. The molecule has 0 saturated heterocycles. The van der Waals surface area contributed by atoms with Crippen LogP contribution in [0.25, 0.3) is 10.9 Å². The summed E-state index contributed by atoms with van der Waals surface area (Å²) in [4.78, 5) is 40.9. The van der Waals surface area contributed by atoms with Gasteiger partial charge in [-0.15, -0.1) is 0 Å². The second-order valence-corrected chi connectivity index (χ2v) is 7.31. The van der Waals surface area contributed by atoms with Gasteiger partial charge in [0, 0.05) is 29.8 Å². The van der Waals surface area contributed by atoms with Crippen molar-refractivity contribution in [2.24, 2.45) is 0 Å². The SMILES string of the molecule is Cc1cc2c(c(=O)[nH]1)[C@@H](c1cc3cccc4c3n(c1=O)CCC4)CC(=O)O2. The Bertz CT molecular complexity index is 1240. The molecule has 0 radical (unpaired) electrons. The zero-order valence-electron chi connectivity index (χ0n) is 14.9. The first-order valence-corrected chi connectivity index (χ1v) is 9.13. The third-order valence-electron chi connectivity index (χ3n) is 5.54. The van der Waals surface area contributed by atoms with Gasteiger partial charge in [-0.2, -0.15) is 0 Å². The molecule has 0 aliphatic carbocycles. The number of carbonyl (C=O) groups is 1. The van der Waals surface area contributed by atoms with Crippen LogP contribution < -0.4 is 15.9 Å². The Morgan fingerprint density at radius 3 is 2.89 bits per heavy atom. The third kappa shape index (κ3) is 2.36. The minimum atomic E-state index is -0.600. The largest absolute Gasteiger partial charge is 0.426 e. The summed E-state index contributed by atoms with van der Waals surface area (Å²) in [5, 5.41) is 0.964. The van der Waals surface area contributed by atoms with E-state index in [4.69, 9.17) is 4.74 Å². The van der Waals surface area contributed by atoms with E-state index in [0.717, 1.165) is 23.7 Å². The standard InChI is InChI=1S/C21H18N2O4/c1-11-8-16-18(20(25)22-11)14(10-17(24)27-16)15-9-13-5-2-4-12-6-3-7-23(19(12)13)21(15)26/h2,4-5,8-9,14H,3,6-7,10H2,1H3,(H,22,25)/t14-/m1/s1. The predicted molar refractivity (Wildman–Crippen MR) is 100 cm³/mol. The van der Waals surface area contributed by atoms with Gasteiger partial charge in [0.2, 0.25) is 0 Å². The Morgan fingerprint density at radius 1 is 1.19 bits per heavy atom. The van der Waals surface area contributed by atoms with Crippen LogP contribution in [0.15, 0.2) is 39.9 Å². The maximum absolute atomic E-state index is 13.3. The van der Waals surface area contributed by atoms with Gasteiger partial charge in [0.15, 0.2) is 0 Å². The van der Waals surface area contributed by atoms with E-state index in [0.29, 0.717) is 23.4 Å². The fourth-order valence-corrected chi connectivity index (χ4v) is 4.42. The second kappa shape index (κ2) is 5.67. The monoisotopic (exact) mass is 362 g/mol. The van der Waals surface area contributed by atoms with Crippen LogP contribution in [-0.2, 0) is 17.8 Å². The topological polar surface area (TPSA) is 81.2 Å². The number of carbonyl (C=O) groups excluding carboxylic acids is 1. The Kier molecular flexibility index (Phi) is 3.37. The van der Waals surface area contributed by atoms with Crippen molar-refractivity contribution in [1.82, 2.24) is 9.55 Å². The normalized spacial score (nSPS) is 18.3. The number of aryl methyl sites for hydroxylation is 3. The summed E-state index contributed by atoms with van der Waals surface area (Å²) in [6, 6.07) is 9.50. The summed E-state index contributed by atoms with van der Waals surface area (Å²) < 4.78 is 7.09. The molecule has 6 heteroatoms. The van der Waals surface area contributed by atoms with Crippen LogP contribution in [0.2, 0.25) is 0 Å². The van der Waals surface area contributed by atoms with Crippen molar-refractivity contribution < 1.29 is 9.53 Å². The number of hydrogen-bond donors (Lipinski definition) is 1. The molecule has 0 unspecified atom stereocenters. The smallest absolute Gasteiger partial charge is 0.312 e. The minimum Gasteiger partial charge on any atom is -0.426 e. The summed E-state index contributed by atoms with van der Waals surface area (Å²) in [5.41, 5.74) is 3.15. The number of nitrogens with zero attached hydrogens (tertiary/aromatic N) is 1. The fraction of sp³-hybridized carbons (Fsp3) is 0.286. The van der Waals surface area contributed by atoms with E-state index in [2.05, 4.69) is 11.1 Å². The van der Waals surface area contributed by atoms with Crippen molar-refractivity contribution in [3.05, 3.63) is 73.4 Å². The van der Waals surface area contributed by atoms with Crippen molar-refractivity contribution in [3.8, 4) is 5.75 Å². The van der Waals surface area contributed by atoms with Crippen molar-refractivity contribution in [2.75, 3.05) is 0 Å². The number of hydrogen-bond acceptors (Lipinski definition) is 4. The van der Waals surface area contributed by atoms with Gasteiger partial charge in [0.05, 0.1) is 17.5 Å². The second-order valence-electron chi connectivity index (χ2n) is 7.31. The van der Waals surface area contributed by atoms with Gasteiger partial charge in [0.25, 0.3) is 11.1 Å². The Balaban J connectivity index is 1.81. The molecule has 27 heavy (non-hydrogen) atoms. The van der Waals surface area contributed by atoms with E-state index in [-0.39, 0.29) is 23.3 Å². The highest BCUT2D eigenvalue weighted by molar-refractivity contribution is 5.84. The lowest BCUT2D eigenvalue weighted by molar-refractivity contribution is -0.135. The highest BCUT2D eigenvalue weighted by Crippen LogP contribution is 2.36. The Morgan fingerprint density at radius 2 is 2.04 bits per heavy atom. The summed E-state index contributed by atoms with van der Waals surface area (Å²) in [6.45, 7) is 2.38. The molecule has 4 heterocycles. The number of benzene rings is 1. The average molecular weight is 362 g/mol. The molecule has 1 atom stereocenters. The van der Waals surface area contributed by atoms with Gasteiger partial charge < -0.3 is 14.3 Å². The lowest BCUT2D eigenvalue weighted by Crippen LogP contribution is -2.34. The van der Waals surface area contributed by atoms with Crippen LogP contribution in [0.1, 0.15) is 41.1 Å². The first kappa shape index (κ1) is 16.1. The highest BCUT2D eigenvalue weighted by Gasteiger charge is 2.34. The van der Waals surface area contributed by atoms with Gasteiger partial charge in [0.1, 0.15) is 5.75 Å². The first-order chi connectivity index (χ1) is 13.0. The Hall–Kier alpha value is -3.15. The lowest BCUT2D eigenvalue weighted by atomic mass is 9.86. The highest BCUT2D eigenvalue weighted by atomic mass is 16.5. The van der Waals surface area contributed by atoms with E-state index < -0.39 is 11.9 Å². The van der Waals surface area contributed by atoms with Crippen LogP contribution in [0.3, 0.4) is 0 Å². The third-order valence-corrected chi connectivity index (χ3v) is 5.54. The molecule has 0 saturated carbocycles. The van der Waals surface area contributed by atoms with Crippen molar-refractivity contribution in [3.63, 3.8) is 0 Å². The molecule has 0 spiro atoms. The number of aromatic amines is 1. The number of nitrogens with one attached hydrogen (secondary N) is 1. The number of pyridine rings is 2. The molecule has 3 aromatic rings. The maximum Gasteiger partial charge on any atom is 0.312 e. The van der Waals surface area contributed by atoms with Crippen molar-refractivity contribution in [2.45, 2.75) is 38.6 Å².